The highest BCUT2D eigenvalue weighted by molar-refractivity contribution is 7.99. The third-order valence-corrected chi connectivity index (χ3v) is 6.91. The number of unbranched alkanes of at least 4 members (excludes halogenated alkanes) is 1. The fraction of sp³-hybridized carbons (Fsp3) is 0.455. The molecule has 2 heterocycles. The number of aryl methyl sites for hydroxylation is 2. The lowest BCUT2D eigenvalue weighted by Gasteiger charge is -2.13. The van der Waals surface area contributed by atoms with Crippen molar-refractivity contribution in [3.05, 3.63) is 45.1 Å². The van der Waals surface area contributed by atoms with Crippen LogP contribution >= 0.6 is 23.1 Å². The zero-order valence-corrected chi connectivity index (χ0v) is 18.7. The largest absolute Gasteiger partial charge is 0.494 e. The van der Waals surface area contributed by atoms with Gasteiger partial charge in [-0.1, -0.05) is 38.5 Å². The van der Waals surface area contributed by atoms with Crippen LogP contribution in [-0.2, 0) is 6.42 Å². The molecule has 0 aliphatic carbocycles. The standard InChI is InChI=1S/C22H28N2O2S2/c1-5-8-14-27-22-23-20-19(15(4)18(28-20)9-6-2)21(25)24(22)16-10-12-17(13-11-16)26-7-3/h10-13H,5-9,14H2,1-4H3. The van der Waals surface area contributed by atoms with Crippen LogP contribution in [0.25, 0.3) is 15.9 Å². The molecule has 28 heavy (non-hydrogen) atoms. The summed E-state index contributed by atoms with van der Waals surface area (Å²) in [5, 5.41) is 1.54. The average Bonchev–Trinajstić information content (AvgIpc) is 2.99. The maximum absolute atomic E-state index is 13.5. The molecule has 2 aromatic heterocycles. The molecule has 0 amide bonds. The van der Waals surface area contributed by atoms with Crippen molar-refractivity contribution in [2.75, 3.05) is 12.4 Å². The van der Waals surface area contributed by atoms with E-state index < -0.39 is 0 Å². The quantitative estimate of drug-likeness (QED) is 0.244. The van der Waals surface area contributed by atoms with Crippen molar-refractivity contribution in [2.24, 2.45) is 0 Å². The predicted octanol–water partition coefficient (Wildman–Crippen LogP) is 6.00. The number of ether oxygens (including phenoxy) is 1. The Hall–Kier alpha value is -1.79. The molecule has 6 heteroatoms. The number of benzene rings is 1. The molecule has 0 aliphatic heterocycles. The fourth-order valence-corrected chi connectivity index (χ4v) is 5.58. The number of nitrogens with zero attached hydrogens (tertiary/aromatic N) is 2. The van der Waals surface area contributed by atoms with E-state index in [1.807, 2.05) is 31.2 Å². The van der Waals surface area contributed by atoms with Gasteiger partial charge in [-0.25, -0.2) is 4.98 Å². The number of rotatable bonds is 9. The van der Waals surface area contributed by atoms with Gasteiger partial charge in [0, 0.05) is 10.6 Å². The van der Waals surface area contributed by atoms with Gasteiger partial charge in [0.1, 0.15) is 10.6 Å². The lowest BCUT2D eigenvalue weighted by molar-refractivity contribution is 0.340. The summed E-state index contributed by atoms with van der Waals surface area (Å²) in [6, 6.07) is 7.72. The summed E-state index contributed by atoms with van der Waals surface area (Å²) in [7, 11) is 0. The second kappa shape index (κ2) is 9.61. The molecular formula is C22H28N2O2S2. The number of fused-ring (bicyclic) bond motifs is 1. The van der Waals surface area contributed by atoms with Gasteiger partial charge in [0.05, 0.1) is 17.7 Å². The number of thiophene rings is 1. The number of thioether (sulfide) groups is 1. The van der Waals surface area contributed by atoms with E-state index in [0.29, 0.717) is 6.61 Å². The normalized spacial score (nSPS) is 11.3. The maximum atomic E-state index is 13.5. The van der Waals surface area contributed by atoms with Crippen LogP contribution in [0.3, 0.4) is 0 Å². The highest BCUT2D eigenvalue weighted by Gasteiger charge is 2.19. The molecule has 0 saturated heterocycles. The molecular weight excluding hydrogens is 388 g/mol. The Labute approximate surface area is 175 Å². The molecule has 0 unspecified atom stereocenters. The first kappa shape index (κ1) is 20.9. The van der Waals surface area contributed by atoms with Crippen LogP contribution in [0.2, 0.25) is 0 Å². The van der Waals surface area contributed by atoms with Crippen molar-refractivity contribution in [1.82, 2.24) is 9.55 Å². The van der Waals surface area contributed by atoms with Crippen molar-refractivity contribution in [3.8, 4) is 11.4 Å². The Kier molecular flexibility index (Phi) is 7.18. The van der Waals surface area contributed by atoms with E-state index in [1.165, 1.54) is 4.88 Å². The van der Waals surface area contributed by atoms with Crippen molar-refractivity contribution in [2.45, 2.75) is 58.5 Å². The van der Waals surface area contributed by atoms with Crippen molar-refractivity contribution in [3.63, 3.8) is 0 Å². The second-order valence-electron chi connectivity index (χ2n) is 6.74. The summed E-state index contributed by atoms with van der Waals surface area (Å²) in [5.41, 5.74) is 1.96. The topological polar surface area (TPSA) is 44.1 Å². The second-order valence-corrected chi connectivity index (χ2v) is 8.89. The zero-order chi connectivity index (χ0) is 20.1. The molecule has 0 fully saturated rings. The zero-order valence-electron chi connectivity index (χ0n) is 17.1. The first-order chi connectivity index (χ1) is 13.6. The smallest absolute Gasteiger partial charge is 0.267 e. The minimum absolute atomic E-state index is 0.0317. The van der Waals surface area contributed by atoms with E-state index in [2.05, 4.69) is 20.8 Å². The monoisotopic (exact) mass is 416 g/mol. The molecule has 3 rings (SSSR count). The third kappa shape index (κ3) is 4.28. The summed E-state index contributed by atoms with van der Waals surface area (Å²) >= 11 is 3.34. The van der Waals surface area contributed by atoms with Crippen LogP contribution in [0.15, 0.2) is 34.2 Å². The summed E-state index contributed by atoms with van der Waals surface area (Å²) < 4.78 is 7.32. The molecule has 1 aromatic carbocycles. The van der Waals surface area contributed by atoms with Crippen LogP contribution in [0.4, 0.5) is 0 Å². The summed E-state index contributed by atoms with van der Waals surface area (Å²) in [4.78, 5) is 20.6. The molecule has 0 bridgehead atoms. The van der Waals surface area contributed by atoms with Crippen LogP contribution in [0, 0.1) is 6.92 Å². The van der Waals surface area contributed by atoms with Crippen molar-refractivity contribution < 1.29 is 4.74 Å². The molecule has 4 nitrogen and oxygen atoms in total. The fourth-order valence-electron chi connectivity index (χ4n) is 3.17. The van der Waals surface area contributed by atoms with Gasteiger partial charge in [0.2, 0.25) is 0 Å². The van der Waals surface area contributed by atoms with Crippen molar-refractivity contribution in [1.29, 1.82) is 0 Å². The SMILES string of the molecule is CCCCSc1nc2sc(CCC)c(C)c2c(=O)n1-c1ccc(OCC)cc1. The molecule has 0 aliphatic rings. The van der Waals surface area contributed by atoms with Crippen LogP contribution in [0.5, 0.6) is 5.75 Å². The van der Waals surface area contributed by atoms with Crippen LogP contribution < -0.4 is 10.3 Å². The van der Waals surface area contributed by atoms with Gasteiger partial charge >= 0.3 is 0 Å². The van der Waals surface area contributed by atoms with E-state index in [4.69, 9.17) is 9.72 Å². The first-order valence-electron chi connectivity index (χ1n) is 10.0. The molecule has 0 spiro atoms. The molecule has 0 radical (unpaired) electrons. The first-order valence-corrected chi connectivity index (χ1v) is 11.8. The van der Waals surface area contributed by atoms with Crippen LogP contribution in [0.1, 0.15) is 50.5 Å². The summed E-state index contributed by atoms with van der Waals surface area (Å²) in [6.45, 7) is 8.99. The van der Waals surface area contributed by atoms with Gasteiger partial charge in [0.15, 0.2) is 5.16 Å². The Bertz CT molecular complexity index is 990. The highest BCUT2D eigenvalue weighted by atomic mass is 32.2. The number of aromatic nitrogens is 2. The van der Waals surface area contributed by atoms with Crippen LogP contribution in [-0.4, -0.2) is 21.9 Å². The van der Waals surface area contributed by atoms with E-state index in [-0.39, 0.29) is 5.56 Å². The average molecular weight is 417 g/mol. The lowest BCUT2D eigenvalue weighted by atomic mass is 10.1. The minimum Gasteiger partial charge on any atom is -0.494 e. The van der Waals surface area contributed by atoms with E-state index in [0.717, 1.165) is 63.8 Å². The van der Waals surface area contributed by atoms with E-state index >= 15 is 0 Å². The molecule has 0 saturated carbocycles. The molecule has 0 atom stereocenters. The molecule has 0 N–H and O–H groups in total. The Morgan fingerprint density at radius 1 is 1.14 bits per heavy atom. The maximum Gasteiger partial charge on any atom is 0.267 e. The summed E-state index contributed by atoms with van der Waals surface area (Å²) in [5.74, 6) is 1.77. The minimum atomic E-state index is 0.0317. The van der Waals surface area contributed by atoms with Crippen molar-refractivity contribution >= 4 is 33.3 Å². The van der Waals surface area contributed by atoms with Gasteiger partial charge in [-0.2, -0.15) is 0 Å². The highest BCUT2D eigenvalue weighted by Crippen LogP contribution is 2.31. The Balaban J connectivity index is 2.16. The summed E-state index contributed by atoms with van der Waals surface area (Å²) in [6.07, 6.45) is 4.29. The number of hydrogen-bond acceptors (Lipinski definition) is 5. The van der Waals surface area contributed by atoms with Gasteiger partial charge < -0.3 is 4.74 Å². The van der Waals surface area contributed by atoms with Gasteiger partial charge in [-0.15, -0.1) is 11.3 Å². The number of hydrogen-bond donors (Lipinski definition) is 0. The van der Waals surface area contributed by atoms with E-state index in [1.54, 1.807) is 27.7 Å². The molecule has 150 valence electrons. The van der Waals surface area contributed by atoms with Gasteiger partial charge in [0.25, 0.3) is 5.56 Å². The predicted molar refractivity (Wildman–Crippen MR) is 121 cm³/mol. The van der Waals surface area contributed by atoms with Gasteiger partial charge in [-0.05, 0) is 56.5 Å². The Morgan fingerprint density at radius 2 is 1.89 bits per heavy atom. The molecule has 3 aromatic rings. The van der Waals surface area contributed by atoms with Gasteiger partial charge in [-0.3, -0.25) is 9.36 Å². The van der Waals surface area contributed by atoms with E-state index in [9.17, 15) is 4.79 Å². The Morgan fingerprint density at radius 3 is 2.54 bits per heavy atom. The lowest BCUT2D eigenvalue weighted by Crippen LogP contribution is -2.21. The third-order valence-electron chi connectivity index (χ3n) is 4.64.